The summed E-state index contributed by atoms with van der Waals surface area (Å²) in [5.41, 5.74) is 0. The number of hydrogen-bond donors (Lipinski definition) is 1. The zero-order valence-corrected chi connectivity index (χ0v) is 13.6. The van der Waals surface area contributed by atoms with Gasteiger partial charge in [0, 0.05) is 39.3 Å². The van der Waals surface area contributed by atoms with Crippen LogP contribution in [-0.2, 0) is 4.74 Å². The second kappa shape index (κ2) is 12.2. The molecule has 1 fully saturated rings. The molecule has 1 aromatic heterocycles. The molecule has 2 rings (SSSR count). The van der Waals surface area contributed by atoms with Crippen LogP contribution in [0.5, 0.6) is 5.75 Å². The van der Waals surface area contributed by atoms with E-state index in [9.17, 15) is 5.11 Å². The number of pyridine rings is 1. The van der Waals surface area contributed by atoms with Crippen LogP contribution in [-0.4, -0.2) is 60.9 Å². The van der Waals surface area contributed by atoms with Crippen molar-refractivity contribution in [3.8, 4) is 5.75 Å². The van der Waals surface area contributed by atoms with E-state index in [0.29, 0.717) is 0 Å². The van der Waals surface area contributed by atoms with E-state index in [2.05, 4.69) is 28.6 Å². The second-order valence-corrected chi connectivity index (χ2v) is 5.11. The lowest BCUT2D eigenvalue weighted by atomic mass is 10.3. The lowest BCUT2D eigenvalue weighted by Crippen LogP contribution is -2.47. The van der Waals surface area contributed by atoms with Crippen molar-refractivity contribution in [3.63, 3.8) is 0 Å². The molecule has 1 saturated heterocycles. The molecule has 1 N–H and O–H groups in total. The van der Waals surface area contributed by atoms with Crippen LogP contribution in [0, 0.1) is 0 Å². The molecular weight excluding hydrogens is 278 g/mol. The first-order valence-electron chi connectivity index (χ1n) is 7.91. The van der Waals surface area contributed by atoms with Gasteiger partial charge < -0.3 is 14.7 Å². The van der Waals surface area contributed by atoms with Crippen LogP contribution >= 0.6 is 0 Å². The van der Waals surface area contributed by atoms with Crippen molar-refractivity contribution >= 4 is 5.82 Å². The van der Waals surface area contributed by atoms with Crippen molar-refractivity contribution in [1.29, 1.82) is 0 Å². The van der Waals surface area contributed by atoms with E-state index in [1.54, 1.807) is 6.07 Å². The highest BCUT2D eigenvalue weighted by molar-refractivity contribution is 5.40. The Labute approximate surface area is 135 Å². The highest BCUT2D eigenvalue weighted by Gasteiger charge is 2.17. The van der Waals surface area contributed by atoms with Gasteiger partial charge in [0.05, 0.1) is 12.8 Å². The van der Waals surface area contributed by atoms with Crippen LogP contribution in [0.4, 0.5) is 5.82 Å². The van der Waals surface area contributed by atoms with Gasteiger partial charge in [-0.25, -0.2) is 4.98 Å². The zero-order chi connectivity index (χ0) is 15.5. The largest absolute Gasteiger partial charge is 0.506 e. The summed E-state index contributed by atoms with van der Waals surface area (Å²) in [6.45, 7) is 12.9. The van der Waals surface area contributed by atoms with Gasteiger partial charge in [-0.15, -0.1) is 0 Å². The highest BCUT2D eigenvalue weighted by Crippen LogP contribution is 2.16. The number of nitrogens with zero attached hydrogens (tertiary/aromatic N) is 3. The van der Waals surface area contributed by atoms with Gasteiger partial charge in [0.25, 0.3) is 0 Å². The maximum Gasteiger partial charge on any atom is 0.134 e. The minimum Gasteiger partial charge on any atom is -0.506 e. The van der Waals surface area contributed by atoms with Gasteiger partial charge in [-0.2, -0.15) is 0 Å². The topological polar surface area (TPSA) is 48.8 Å². The third-order valence-corrected chi connectivity index (χ3v) is 3.18. The number of piperazine rings is 1. The number of aromatic hydroxyl groups is 1. The number of hydrogen-bond acceptors (Lipinski definition) is 5. The van der Waals surface area contributed by atoms with Gasteiger partial charge in [-0.1, -0.05) is 27.7 Å². The first-order valence-corrected chi connectivity index (χ1v) is 7.91. The Hall–Kier alpha value is -1.33. The minimum atomic E-state index is 0. The van der Waals surface area contributed by atoms with Crippen molar-refractivity contribution in [2.75, 3.05) is 50.8 Å². The van der Waals surface area contributed by atoms with E-state index in [1.165, 1.54) is 12.6 Å². The van der Waals surface area contributed by atoms with Gasteiger partial charge in [0.15, 0.2) is 0 Å². The van der Waals surface area contributed by atoms with Crippen LogP contribution in [0.2, 0.25) is 0 Å². The van der Waals surface area contributed by atoms with E-state index in [1.807, 2.05) is 13.0 Å². The number of aromatic nitrogens is 1. The molecule has 128 valence electrons. The molecule has 0 aromatic carbocycles. The Morgan fingerprint density at radius 3 is 2.27 bits per heavy atom. The Kier molecular flexibility index (Phi) is 11.5. The zero-order valence-electron chi connectivity index (χ0n) is 13.6. The number of ether oxygens (including phenoxy) is 1. The fourth-order valence-corrected chi connectivity index (χ4v) is 2.10. The fourth-order valence-electron chi connectivity index (χ4n) is 2.10. The Morgan fingerprint density at radius 2 is 1.77 bits per heavy atom. The molecule has 1 aliphatic heterocycles. The van der Waals surface area contributed by atoms with Gasteiger partial charge in [-0.05, 0) is 19.1 Å². The first kappa shape index (κ1) is 20.7. The van der Waals surface area contributed by atoms with Crippen molar-refractivity contribution in [2.45, 2.75) is 34.6 Å². The Morgan fingerprint density at radius 1 is 1.14 bits per heavy atom. The van der Waals surface area contributed by atoms with Crippen LogP contribution in [0.1, 0.15) is 34.6 Å². The van der Waals surface area contributed by atoms with Crippen molar-refractivity contribution in [3.05, 3.63) is 18.3 Å². The van der Waals surface area contributed by atoms with Gasteiger partial charge in [0.1, 0.15) is 11.6 Å². The number of rotatable bonds is 5. The Balaban J connectivity index is 0.00000102. The average molecular weight is 311 g/mol. The van der Waals surface area contributed by atoms with Gasteiger partial charge in [0.2, 0.25) is 0 Å². The van der Waals surface area contributed by atoms with Crippen LogP contribution < -0.4 is 4.90 Å². The predicted octanol–water partition coefficient (Wildman–Crippen LogP) is 3.00. The molecule has 22 heavy (non-hydrogen) atoms. The standard InChI is InChI=1S/C13H21N3O2.C3H8.CH4/c1-2-18-10-9-15-5-7-16(8-6-15)13-4-3-12(17)11-14-13;1-3-2;/h3-4,11,17H,2,5-10H2,1H3;3H2,1-2H3;1H4. The van der Waals surface area contributed by atoms with E-state index < -0.39 is 0 Å². The monoisotopic (exact) mass is 311 g/mol. The summed E-state index contributed by atoms with van der Waals surface area (Å²) in [4.78, 5) is 8.89. The highest BCUT2D eigenvalue weighted by atomic mass is 16.5. The summed E-state index contributed by atoms with van der Waals surface area (Å²) in [6, 6.07) is 3.55. The molecule has 0 unspecified atom stereocenters. The molecule has 5 heteroatoms. The maximum atomic E-state index is 9.21. The van der Waals surface area contributed by atoms with Crippen molar-refractivity contribution < 1.29 is 9.84 Å². The van der Waals surface area contributed by atoms with Gasteiger partial charge >= 0.3 is 0 Å². The molecule has 0 saturated carbocycles. The molecular formula is C17H33N3O2. The summed E-state index contributed by atoms with van der Waals surface area (Å²) >= 11 is 0. The molecule has 2 heterocycles. The Bertz CT molecular complexity index is 363. The lowest BCUT2D eigenvalue weighted by Gasteiger charge is -2.35. The molecule has 0 spiro atoms. The van der Waals surface area contributed by atoms with E-state index in [-0.39, 0.29) is 13.2 Å². The van der Waals surface area contributed by atoms with E-state index in [0.717, 1.165) is 51.8 Å². The lowest BCUT2D eigenvalue weighted by molar-refractivity contribution is 0.111. The molecule has 5 nitrogen and oxygen atoms in total. The second-order valence-electron chi connectivity index (χ2n) is 5.11. The average Bonchev–Trinajstić information content (AvgIpc) is 2.50. The first-order chi connectivity index (χ1) is 10.2. The third kappa shape index (κ3) is 7.61. The molecule has 0 radical (unpaired) electrons. The van der Waals surface area contributed by atoms with Crippen LogP contribution in [0.15, 0.2) is 18.3 Å². The predicted molar refractivity (Wildman–Crippen MR) is 93.7 cm³/mol. The normalized spacial score (nSPS) is 14.8. The fraction of sp³-hybridized carbons (Fsp3) is 0.706. The molecule has 1 aromatic rings. The van der Waals surface area contributed by atoms with Crippen molar-refractivity contribution in [2.24, 2.45) is 0 Å². The summed E-state index contributed by atoms with van der Waals surface area (Å²) in [6.07, 6.45) is 2.75. The van der Waals surface area contributed by atoms with Crippen LogP contribution in [0.3, 0.4) is 0 Å². The summed E-state index contributed by atoms with van der Waals surface area (Å²) in [7, 11) is 0. The van der Waals surface area contributed by atoms with Gasteiger partial charge in [-0.3, -0.25) is 4.90 Å². The van der Waals surface area contributed by atoms with Crippen LogP contribution in [0.25, 0.3) is 0 Å². The molecule has 1 aliphatic rings. The summed E-state index contributed by atoms with van der Waals surface area (Å²) < 4.78 is 5.37. The van der Waals surface area contributed by atoms with E-state index >= 15 is 0 Å². The maximum absolute atomic E-state index is 9.21. The summed E-state index contributed by atoms with van der Waals surface area (Å²) in [5, 5.41) is 9.21. The SMILES string of the molecule is C.CCC.CCOCCN1CCN(c2ccc(O)cn2)CC1. The molecule has 0 bridgehead atoms. The van der Waals surface area contributed by atoms with E-state index in [4.69, 9.17) is 4.74 Å². The summed E-state index contributed by atoms with van der Waals surface area (Å²) in [5.74, 6) is 1.16. The minimum absolute atomic E-state index is 0. The molecule has 0 atom stereocenters. The molecule has 0 aliphatic carbocycles. The smallest absolute Gasteiger partial charge is 0.134 e. The third-order valence-electron chi connectivity index (χ3n) is 3.18. The number of anilines is 1. The quantitative estimate of drug-likeness (QED) is 0.847. The molecule has 0 amide bonds. The van der Waals surface area contributed by atoms with Crippen molar-refractivity contribution in [1.82, 2.24) is 9.88 Å².